The third kappa shape index (κ3) is 6.25. The van der Waals surface area contributed by atoms with E-state index in [0.29, 0.717) is 5.91 Å². The van der Waals surface area contributed by atoms with Crippen molar-refractivity contribution in [1.29, 1.82) is 0 Å². The fourth-order valence-electron chi connectivity index (χ4n) is 2.89. The van der Waals surface area contributed by atoms with Crippen LogP contribution < -0.4 is 5.73 Å². The zero-order chi connectivity index (χ0) is 14.8. The molecular weight excluding hydrogens is 248 g/mol. The number of rotatable bonds is 9. The highest BCUT2D eigenvalue weighted by Crippen LogP contribution is 2.29. The highest BCUT2D eigenvalue weighted by molar-refractivity contribution is 5.76. The van der Waals surface area contributed by atoms with Crippen LogP contribution in [-0.4, -0.2) is 30.4 Å². The Balaban J connectivity index is 2.06. The monoisotopic (exact) mass is 282 g/mol. The Kier molecular flexibility index (Phi) is 8.20. The number of unbranched alkanes of at least 4 members (excludes halogenated alkanes) is 6. The summed E-state index contributed by atoms with van der Waals surface area (Å²) in [5.41, 5.74) is 6.06. The number of nitrogens with two attached hydrogens (primary N) is 1. The molecule has 0 bridgehead atoms. The Labute approximate surface area is 125 Å². The first-order chi connectivity index (χ1) is 9.61. The highest BCUT2D eigenvalue weighted by atomic mass is 16.2. The average Bonchev–Trinajstić information content (AvgIpc) is 2.47. The van der Waals surface area contributed by atoms with Crippen LogP contribution in [0.5, 0.6) is 0 Å². The van der Waals surface area contributed by atoms with Crippen LogP contribution in [0.4, 0.5) is 0 Å². The van der Waals surface area contributed by atoms with Crippen LogP contribution in [0, 0.1) is 5.41 Å². The Morgan fingerprint density at radius 2 is 1.60 bits per heavy atom. The number of likely N-dealkylation sites (tertiary alicyclic amines) is 1. The number of hydrogen-bond acceptors (Lipinski definition) is 2. The van der Waals surface area contributed by atoms with E-state index in [-0.39, 0.29) is 5.41 Å². The number of carbonyl (C=O) groups is 1. The van der Waals surface area contributed by atoms with Gasteiger partial charge in [-0.15, -0.1) is 0 Å². The van der Waals surface area contributed by atoms with Gasteiger partial charge in [0, 0.05) is 19.5 Å². The summed E-state index contributed by atoms with van der Waals surface area (Å²) < 4.78 is 0. The molecule has 3 heteroatoms. The lowest BCUT2D eigenvalue weighted by Gasteiger charge is -2.38. The molecule has 1 fully saturated rings. The van der Waals surface area contributed by atoms with Crippen molar-refractivity contribution in [3.63, 3.8) is 0 Å². The fourth-order valence-corrected chi connectivity index (χ4v) is 2.89. The summed E-state index contributed by atoms with van der Waals surface area (Å²) in [6.45, 7) is 7.04. The van der Waals surface area contributed by atoms with Crippen LogP contribution in [-0.2, 0) is 4.79 Å². The van der Waals surface area contributed by atoms with Gasteiger partial charge in [-0.05, 0) is 31.2 Å². The predicted octanol–water partition coefficient (Wildman–Crippen LogP) is 3.71. The number of amides is 1. The molecule has 3 nitrogen and oxygen atoms in total. The smallest absolute Gasteiger partial charge is 0.222 e. The summed E-state index contributed by atoms with van der Waals surface area (Å²) in [6, 6.07) is 0. The number of nitrogens with zero attached hydrogens (tertiary/aromatic N) is 1. The van der Waals surface area contributed by atoms with Gasteiger partial charge in [0.1, 0.15) is 0 Å². The second kappa shape index (κ2) is 9.38. The summed E-state index contributed by atoms with van der Waals surface area (Å²) in [5.74, 6) is 0.359. The second-order valence-electron chi connectivity index (χ2n) is 6.77. The number of hydrogen-bond donors (Lipinski definition) is 1. The largest absolute Gasteiger partial charge is 0.343 e. The second-order valence-corrected chi connectivity index (χ2v) is 6.77. The molecule has 0 unspecified atom stereocenters. The Morgan fingerprint density at radius 1 is 1.05 bits per heavy atom. The van der Waals surface area contributed by atoms with Gasteiger partial charge in [0.2, 0.25) is 5.91 Å². The lowest BCUT2D eigenvalue weighted by Crippen LogP contribution is -2.44. The first kappa shape index (κ1) is 17.5. The number of piperidine rings is 1. The average molecular weight is 282 g/mol. The van der Waals surface area contributed by atoms with Crippen molar-refractivity contribution in [2.75, 3.05) is 19.6 Å². The van der Waals surface area contributed by atoms with E-state index >= 15 is 0 Å². The van der Waals surface area contributed by atoms with Crippen molar-refractivity contribution < 1.29 is 4.79 Å². The molecule has 0 aromatic carbocycles. The minimum absolute atomic E-state index is 0.260. The van der Waals surface area contributed by atoms with E-state index in [2.05, 4.69) is 18.7 Å². The zero-order valence-electron chi connectivity index (χ0n) is 13.6. The molecule has 1 saturated heterocycles. The van der Waals surface area contributed by atoms with E-state index < -0.39 is 0 Å². The van der Waals surface area contributed by atoms with E-state index in [9.17, 15) is 4.79 Å². The normalized spacial score (nSPS) is 18.2. The molecule has 1 heterocycles. The molecule has 0 atom stereocenters. The number of carbonyl (C=O) groups excluding carboxylic acids is 1. The molecule has 118 valence electrons. The fraction of sp³-hybridized carbons (Fsp3) is 0.941. The van der Waals surface area contributed by atoms with Gasteiger partial charge in [-0.1, -0.05) is 52.4 Å². The Bertz CT molecular complexity index is 270. The maximum atomic E-state index is 12.1. The molecule has 20 heavy (non-hydrogen) atoms. The molecule has 2 N–H and O–H groups in total. The molecule has 0 aromatic rings. The first-order valence-electron chi connectivity index (χ1n) is 8.59. The topological polar surface area (TPSA) is 46.3 Å². The van der Waals surface area contributed by atoms with E-state index in [0.717, 1.165) is 45.3 Å². The summed E-state index contributed by atoms with van der Waals surface area (Å²) in [6.07, 6.45) is 11.8. The van der Waals surface area contributed by atoms with Crippen LogP contribution in [0.25, 0.3) is 0 Å². The first-order valence-corrected chi connectivity index (χ1v) is 8.59. The predicted molar refractivity (Wildman–Crippen MR) is 85.6 cm³/mol. The van der Waals surface area contributed by atoms with Gasteiger partial charge < -0.3 is 10.6 Å². The molecule has 1 amide bonds. The minimum Gasteiger partial charge on any atom is -0.343 e. The molecule has 0 aromatic heterocycles. The van der Waals surface area contributed by atoms with Gasteiger partial charge in [-0.3, -0.25) is 4.79 Å². The lowest BCUT2D eigenvalue weighted by atomic mass is 9.80. The minimum atomic E-state index is 0.260. The Hall–Kier alpha value is -0.570. The molecule has 0 saturated carbocycles. The van der Waals surface area contributed by atoms with Crippen LogP contribution >= 0.6 is 0 Å². The highest BCUT2D eigenvalue weighted by Gasteiger charge is 2.30. The molecular formula is C17H34N2O. The summed E-state index contributed by atoms with van der Waals surface area (Å²) in [5, 5.41) is 0. The van der Waals surface area contributed by atoms with Crippen molar-refractivity contribution in [2.24, 2.45) is 11.1 Å². The quantitative estimate of drug-likeness (QED) is 0.655. The molecule has 0 radical (unpaired) electrons. The van der Waals surface area contributed by atoms with Crippen molar-refractivity contribution in [2.45, 2.75) is 78.1 Å². The molecule has 1 rings (SSSR count). The standard InChI is InChI=1S/C17H34N2O/c1-3-4-5-6-7-8-9-10-16(20)19-13-11-17(2,15-18)12-14-19/h3-15,18H2,1-2H3. The van der Waals surface area contributed by atoms with Gasteiger partial charge in [-0.25, -0.2) is 0 Å². The van der Waals surface area contributed by atoms with E-state index in [1.54, 1.807) is 0 Å². The van der Waals surface area contributed by atoms with Crippen LogP contribution in [0.15, 0.2) is 0 Å². The van der Waals surface area contributed by atoms with E-state index in [1.165, 1.54) is 38.5 Å². The van der Waals surface area contributed by atoms with Crippen LogP contribution in [0.2, 0.25) is 0 Å². The van der Waals surface area contributed by atoms with Gasteiger partial charge in [-0.2, -0.15) is 0 Å². The van der Waals surface area contributed by atoms with Crippen LogP contribution in [0.3, 0.4) is 0 Å². The van der Waals surface area contributed by atoms with Crippen molar-refractivity contribution in [3.8, 4) is 0 Å². The van der Waals surface area contributed by atoms with Crippen molar-refractivity contribution >= 4 is 5.91 Å². The maximum absolute atomic E-state index is 12.1. The van der Waals surface area contributed by atoms with Gasteiger partial charge in [0.25, 0.3) is 0 Å². The molecule has 0 aliphatic carbocycles. The van der Waals surface area contributed by atoms with Gasteiger partial charge in [0.05, 0.1) is 0 Å². The van der Waals surface area contributed by atoms with Gasteiger partial charge >= 0.3 is 0 Å². The van der Waals surface area contributed by atoms with E-state index in [4.69, 9.17) is 5.73 Å². The summed E-state index contributed by atoms with van der Waals surface area (Å²) >= 11 is 0. The third-order valence-electron chi connectivity index (χ3n) is 4.81. The summed E-state index contributed by atoms with van der Waals surface area (Å²) in [7, 11) is 0. The van der Waals surface area contributed by atoms with Crippen molar-refractivity contribution in [3.05, 3.63) is 0 Å². The Morgan fingerprint density at radius 3 is 2.15 bits per heavy atom. The molecule has 0 spiro atoms. The lowest BCUT2D eigenvalue weighted by molar-refractivity contribution is -0.133. The van der Waals surface area contributed by atoms with Crippen LogP contribution in [0.1, 0.15) is 78.1 Å². The zero-order valence-corrected chi connectivity index (χ0v) is 13.6. The SMILES string of the molecule is CCCCCCCCCC(=O)N1CCC(C)(CN)CC1. The molecule has 1 aliphatic rings. The molecule has 1 aliphatic heterocycles. The summed E-state index contributed by atoms with van der Waals surface area (Å²) in [4.78, 5) is 14.2. The van der Waals surface area contributed by atoms with Gasteiger partial charge in [0.15, 0.2) is 0 Å². The maximum Gasteiger partial charge on any atom is 0.222 e. The third-order valence-corrected chi connectivity index (χ3v) is 4.81. The van der Waals surface area contributed by atoms with E-state index in [1.807, 2.05) is 0 Å². The van der Waals surface area contributed by atoms with Crippen molar-refractivity contribution in [1.82, 2.24) is 4.90 Å².